The quantitative estimate of drug-likeness (QED) is 0.557. The zero-order chi connectivity index (χ0) is 22.5. The van der Waals surface area contributed by atoms with Crippen molar-refractivity contribution in [1.82, 2.24) is 19.1 Å². The largest absolute Gasteiger partial charge is 0.337 e. The van der Waals surface area contributed by atoms with Crippen LogP contribution in [0.1, 0.15) is 39.3 Å². The van der Waals surface area contributed by atoms with Gasteiger partial charge in [-0.3, -0.25) is 13.7 Å². The molecule has 2 aromatic heterocycles. The molecule has 1 atom stereocenters. The molecule has 4 rings (SSSR count). The van der Waals surface area contributed by atoms with Gasteiger partial charge in [0.2, 0.25) is 0 Å². The molecule has 0 radical (unpaired) electrons. The van der Waals surface area contributed by atoms with Crippen LogP contribution in [0.4, 0.5) is 0 Å². The first kappa shape index (κ1) is 22.1. The average molecular weight is 480 g/mol. The first-order valence-electron chi connectivity index (χ1n) is 9.53. The Bertz CT molecular complexity index is 1280. The van der Waals surface area contributed by atoms with Crippen LogP contribution in [0.5, 0.6) is 0 Å². The molecule has 0 spiro atoms. The fourth-order valence-corrected chi connectivity index (χ4v) is 5.21. The summed E-state index contributed by atoms with van der Waals surface area (Å²) in [4.78, 5) is 6.12. The third-order valence-electron chi connectivity index (χ3n) is 5.18. The number of halogens is 1. The van der Waals surface area contributed by atoms with Crippen molar-refractivity contribution in [3.05, 3.63) is 62.5 Å². The summed E-state index contributed by atoms with van der Waals surface area (Å²) in [6.07, 6.45) is 0. The van der Waals surface area contributed by atoms with Crippen LogP contribution < -0.4 is 0 Å². The van der Waals surface area contributed by atoms with Gasteiger partial charge in [0.1, 0.15) is 16.9 Å². The van der Waals surface area contributed by atoms with Crippen molar-refractivity contribution >= 4 is 39.0 Å². The second kappa shape index (κ2) is 8.10. The second-order valence-corrected chi connectivity index (χ2v) is 10.9. The highest BCUT2D eigenvalue weighted by Gasteiger charge is 2.32. The molecule has 1 aliphatic heterocycles. The molecule has 0 saturated carbocycles. The third kappa shape index (κ3) is 3.94. The highest BCUT2D eigenvalue weighted by molar-refractivity contribution is 7.84. The van der Waals surface area contributed by atoms with Gasteiger partial charge >= 0.3 is 10.3 Å². The Morgan fingerprint density at radius 2 is 1.84 bits per heavy atom. The molecule has 1 aliphatic rings. The van der Waals surface area contributed by atoms with Crippen molar-refractivity contribution in [2.45, 2.75) is 26.8 Å². The molecule has 0 unspecified atom stereocenters. The average Bonchev–Trinajstić information content (AvgIpc) is 3.18. The minimum Gasteiger partial charge on any atom is -0.271 e. The molecule has 0 bridgehead atoms. The van der Waals surface area contributed by atoms with E-state index in [2.05, 4.69) is 24.0 Å². The molecule has 0 amide bonds. The lowest BCUT2D eigenvalue weighted by molar-refractivity contribution is 0.265. The number of aromatic nitrogens is 3. The number of rotatable bonds is 5. The van der Waals surface area contributed by atoms with E-state index in [1.54, 1.807) is 11.3 Å². The molecule has 3 heterocycles. The maximum absolute atomic E-state index is 12.2. The Balaban J connectivity index is 1.92. The van der Waals surface area contributed by atoms with Crippen LogP contribution in [0.2, 0.25) is 5.02 Å². The van der Waals surface area contributed by atoms with E-state index in [4.69, 9.17) is 20.8 Å². The number of aryl methyl sites for hydroxylation is 2. The van der Waals surface area contributed by atoms with Gasteiger partial charge in [-0.2, -0.15) is 12.7 Å². The van der Waals surface area contributed by atoms with Crippen molar-refractivity contribution < 1.29 is 12.6 Å². The fourth-order valence-electron chi connectivity index (χ4n) is 3.36. The lowest BCUT2D eigenvalue weighted by atomic mass is 10.00. The molecule has 1 aromatic carbocycles. The number of fused-ring (bicyclic) bond motifs is 3. The van der Waals surface area contributed by atoms with E-state index >= 15 is 0 Å². The highest BCUT2D eigenvalue weighted by Crippen LogP contribution is 2.39. The Morgan fingerprint density at radius 3 is 2.48 bits per heavy atom. The van der Waals surface area contributed by atoms with E-state index in [0.29, 0.717) is 16.7 Å². The molecule has 0 saturated heterocycles. The zero-order valence-corrected chi connectivity index (χ0v) is 20.1. The minimum atomic E-state index is -3.87. The Labute approximate surface area is 190 Å². The summed E-state index contributed by atoms with van der Waals surface area (Å²) in [5.41, 5.74) is 3.71. The Kier molecular flexibility index (Phi) is 5.78. The van der Waals surface area contributed by atoms with E-state index in [1.165, 1.54) is 14.1 Å². The van der Waals surface area contributed by atoms with Gasteiger partial charge in [-0.1, -0.05) is 23.7 Å². The van der Waals surface area contributed by atoms with Crippen molar-refractivity contribution in [3.63, 3.8) is 0 Å². The molecular weight excluding hydrogens is 458 g/mol. The zero-order valence-electron chi connectivity index (χ0n) is 17.7. The van der Waals surface area contributed by atoms with Gasteiger partial charge < -0.3 is 0 Å². The summed E-state index contributed by atoms with van der Waals surface area (Å²) in [6.45, 7) is 5.80. The Morgan fingerprint density at radius 1 is 1.16 bits per heavy atom. The minimum absolute atomic E-state index is 0.192. The molecular formula is C20H22ClN5O3S2. The SMILES string of the molecule is Cc1sc2c(c1C)C(c1ccc(Cl)cc1)=N[C@@H](COS(=O)(=O)N(C)C)c1nnc(C)n1-2. The van der Waals surface area contributed by atoms with Crippen LogP contribution in [-0.2, 0) is 14.5 Å². The van der Waals surface area contributed by atoms with Gasteiger partial charge in [-0.25, -0.2) is 0 Å². The van der Waals surface area contributed by atoms with Crippen molar-refractivity contribution in [2.24, 2.45) is 4.99 Å². The van der Waals surface area contributed by atoms with E-state index in [1.807, 2.05) is 35.8 Å². The number of hydrogen-bond donors (Lipinski definition) is 0. The number of benzene rings is 1. The van der Waals surface area contributed by atoms with E-state index in [9.17, 15) is 8.42 Å². The molecule has 0 N–H and O–H groups in total. The first-order valence-corrected chi connectivity index (χ1v) is 12.1. The highest BCUT2D eigenvalue weighted by atomic mass is 35.5. The number of aliphatic imine (C=N–C) groups is 1. The summed E-state index contributed by atoms with van der Waals surface area (Å²) in [5.74, 6) is 1.24. The fraction of sp³-hybridized carbons (Fsp3) is 0.350. The number of thiophene rings is 1. The second-order valence-electron chi connectivity index (χ2n) is 7.43. The predicted molar refractivity (Wildman–Crippen MR) is 122 cm³/mol. The molecule has 8 nitrogen and oxygen atoms in total. The number of hydrogen-bond acceptors (Lipinski definition) is 7. The summed E-state index contributed by atoms with van der Waals surface area (Å²) in [7, 11) is -1.03. The summed E-state index contributed by atoms with van der Waals surface area (Å²) in [5, 5.41) is 10.1. The van der Waals surface area contributed by atoms with E-state index < -0.39 is 16.3 Å². The van der Waals surface area contributed by atoms with Gasteiger partial charge in [0.15, 0.2) is 5.82 Å². The Hall–Kier alpha value is -2.11. The topological polar surface area (TPSA) is 89.7 Å². The lowest BCUT2D eigenvalue weighted by Gasteiger charge is -2.15. The van der Waals surface area contributed by atoms with Crippen molar-refractivity contribution in [3.8, 4) is 5.00 Å². The molecule has 11 heteroatoms. The monoisotopic (exact) mass is 479 g/mol. The smallest absolute Gasteiger partial charge is 0.271 e. The first-order chi connectivity index (χ1) is 14.6. The standard InChI is InChI=1S/C20H22ClN5O3S2/c1-11-12(2)30-20-17(11)18(14-6-8-15(21)9-7-14)22-16(10-29-31(27,28)25(4)5)19-24-23-13(3)26(19)20/h6-9,16H,10H2,1-5H3/t16-/m0/s1. The van der Waals surface area contributed by atoms with Gasteiger partial charge in [0, 0.05) is 35.1 Å². The van der Waals surface area contributed by atoms with Crippen molar-refractivity contribution in [1.29, 1.82) is 0 Å². The van der Waals surface area contributed by atoms with E-state index in [0.717, 1.165) is 36.6 Å². The normalized spacial score (nSPS) is 16.1. The molecule has 0 fully saturated rings. The molecule has 31 heavy (non-hydrogen) atoms. The van der Waals surface area contributed by atoms with Crippen LogP contribution in [-0.4, -0.2) is 53.9 Å². The van der Waals surface area contributed by atoms with Crippen LogP contribution in [0.25, 0.3) is 5.00 Å². The maximum atomic E-state index is 12.2. The van der Waals surface area contributed by atoms with Gasteiger partial charge in [-0.15, -0.1) is 21.5 Å². The van der Waals surface area contributed by atoms with Crippen LogP contribution >= 0.6 is 22.9 Å². The van der Waals surface area contributed by atoms with E-state index in [-0.39, 0.29) is 6.61 Å². The van der Waals surface area contributed by atoms with Crippen LogP contribution in [0, 0.1) is 20.8 Å². The summed E-state index contributed by atoms with van der Waals surface area (Å²) in [6, 6.07) is 6.77. The van der Waals surface area contributed by atoms with Crippen molar-refractivity contribution in [2.75, 3.05) is 20.7 Å². The molecule has 0 aliphatic carbocycles. The lowest BCUT2D eigenvalue weighted by Crippen LogP contribution is -2.26. The summed E-state index contributed by atoms with van der Waals surface area (Å²) < 4.78 is 32.7. The molecule has 3 aromatic rings. The van der Waals surface area contributed by atoms with Crippen LogP contribution in [0.3, 0.4) is 0 Å². The van der Waals surface area contributed by atoms with Gasteiger partial charge in [-0.05, 0) is 38.5 Å². The predicted octanol–water partition coefficient (Wildman–Crippen LogP) is 3.62. The molecule has 164 valence electrons. The summed E-state index contributed by atoms with van der Waals surface area (Å²) >= 11 is 7.73. The van der Waals surface area contributed by atoms with Crippen LogP contribution in [0.15, 0.2) is 29.3 Å². The maximum Gasteiger partial charge on any atom is 0.337 e. The van der Waals surface area contributed by atoms with Gasteiger partial charge in [0.25, 0.3) is 0 Å². The third-order valence-corrected chi connectivity index (χ3v) is 7.95. The van der Waals surface area contributed by atoms with Gasteiger partial charge in [0.05, 0.1) is 12.3 Å². The number of nitrogens with zero attached hydrogens (tertiary/aromatic N) is 5.